The van der Waals surface area contributed by atoms with Gasteiger partial charge in [0.1, 0.15) is 0 Å². The topological polar surface area (TPSA) is 54.8 Å². The molecule has 0 N–H and O–H groups in total. The molecule has 0 atom stereocenters. The number of amides is 2. The highest BCUT2D eigenvalue weighted by Gasteiger charge is 2.34. The normalized spacial score (nSPS) is 13.7. The first kappa shape index (κ1) is 19.5. The van der Waals surface area contributed by atoms with Crippen LogP contribution in [0.25, 0.3) is 0 Å². The van der Waals surface area contributed by atoms with Crippen molar-refractivity contribution >= 4 is 11.8 Å². The first-order chi connectivity index (χ1) is 12.1. The molecule has 0 radical (unpaired) electrons. The van der Waals surface area contributed by atoms with E-state index in [9.17, 15) is 9.59 Å². The maximum Gasteiger partial charge on any atom is 0.242 e. The van der Waals surface area contributed by atoms with Gasteiger partial charge in [-0.3, -0.25) is 9.59 Å². The lowest BCUT2D eigenvalue weighted by Gasteiger charge is -2.28. The summed E-state index contributed by atoms with van der Waals surface area (Å²) in [5, 5.41) is 0. The van der Waals surface area contributed by atoms with Crippen LogP contribution in [0.5, 0.6) is 0 Å². The number of nitrogens with zero attached hydrogens (tertiary/aromatic N) is 3. The second-order valence-corrected chi connectivity index (χ2v) is 6.77. The maximum absolute atomic E-state index is 12.9. The molecule has 1 heterocycles. The van der Waals surface area contributed by atoms with E-state index in [1.54, 1.807) is 12.0 Å². The Hall–Kier alpha value is -1.82. The van der Waals surface area contributed by atoms with E-state index in [-0.39, 0.29) is 18.4 Å². The summed E-state index contributed by atoms with van der Waals surface area (Å²) in [6, 6.07) is 4.35. The molecule has 0 aromatic carbocycles. The van der Waals surface area contributed by atoms with Gasteiger partial charge in [-0.25, -0.2) is 0 Å². The monoisotopic (exact) mass is 349 g/mol. The number of methoxy groups -OCH3 is 1. The molecule has 6 heteroatoms. The molecular formula is C19H31N3O3. The van der Waals surface area contributed by atoms with Crippen LogP contribution in [-0.2, 0) is 27.9 Å². The van der Waals surface area contributed by atoms with Gasteiger partial charge in [0.25, 0.3) is 0 Å². The Bertz CT molecular complexity index is 566. The average Bonchev–Trinajstić information content (AvgIpc) is 3.36. The third-order valence-electron chi connectivity index (χ3n) is 4.68. The summed E-state index contributed by atoms with van der Waals surface area (Å²) >= 11 is 0. The number of hydrogen-bond donors (Lipinski definition) is 0. The summed E-state index contributed by atoms with van der Waals surface area (Å²) in [6.07, 6.45) is 6.42. The van der Waals surface area contributed by atoms with Gasteiger partial charge in [0, 0.05) is 45.1 Å². The van der Waals surface area contributed by atoms with Crippen LogP contribution < -0.4 is 0 Å². The number of rotatable bonds is 11. The molecule has 6 nitrogen and oxygen atoms in total. The minimum absolute atomic E-state index is 0.0321. The number of hydrogen-bond acceptors (Lipinski definition) is 3. The van der Waals surface area contributed by atoms with Crippen LogP contribution >= 0.6 is 0 Å². The van der Waals surface area contributed by atoms with Crippen molar-refractivity contribution in [1.82, 2.24) is 14.4 Å². The molecule has 1 aromatic heterocycles. The molecule has 0 spiro atoms. The Labute approximate surface area is 150 Å². The minimum Gasteiger partial charge on any atom is -0.383 e. The third kappa shape index (κ3) is 5.88. The summed E-state index contributed by atoms with van der Waals surface area (Å²) in [7, 11) is 3.60. The molecule has 0 unspecified atom stereocenters. The van der Waals surface area contributed by atoms with Crippen LogP contribution in [0.3, 0.4) is 0 Å². The molecule has 25 heavy (non-hydrogen) atoms. The van der Waals surface area contributed by atoms with Gasteiger partial charge in [-0.15, -0.1) is 0 Å². The molecule has 2 rings (SSSR count). The first-order valence-corrected chi connectivity index (χ1v) is 9.23. The molecule has 0 saturated heterocycles. The second kappa shape index (κ2) is 9.61. The van der Waals surface area contributed by atoms with Crippen LogP contribution in [0.2, 0.25) is 0 Å². The van der Waals surface area contributed by atoms with E-state index in [4.69, 9.17) is 4.74 Å². The van der Waals surface area contributed by atoms with E-state index in [2.05, 4.69) is 6.92 Å². The molecule has 0 bridgehead atoms. The Morgan fingerprint density at radius 2 is 2.08 bits per heavy atom. The van der Waals surface area contributed by atoms with Crippen molar-refractivity contribution in [2.45, 2.75) is 51.6 Å². The van der Waals surface area contributed by atoms with E-state index in [1.165, 1.54) is 0 Å². The Balaban J connectivity index is 2.00. The molecule has 1 aliphatic rings. The Morgan fingerprint density at radius 1 is 1.32 bits per heavy atom. The van der Waals surface area contributed by atoms with E-state index in [0.717, 1.165) is 31.4 Å². The van der Waals surface area contributed by atoms with Crippen LogP contribution in [-0.4, -0.2) is 59.0 Å². The predicted molar refractivity (Wildman–Crippen MR) is 97.0 cm³/mol. The molecule has 1 saturated carbocycles. The highest BCUT2D eigenvalue weighted by molar-refractivity contribution is 5.85. The van der Waals surface area contributed by atoms with Crippen molar-refractivity contribution < 1.29 is 14.3 Å². The highest BCUT2D eigenvalue weighted by Crippen LogP contribution is 2.28. The van der Waals surface area contributed by atoms with Crippen molar-refractivity contribution in [3.8, 4) is 0 Å². The quantitative estimate of drug-likeness (QED) is 0.615. The summed E-state index contributed by atoms with van der Waals surface area (Å²) in [5.74, 6) is 0.0755. The van der Waals surface area contributed by atoms with Crippen LogP contribution in [0.4, 0.5) is 0 Å². The SMILES string of the molecule is CCCCC(=O)N(CCOC)CC(=O)N(Cc1cccn1C)C1CC1. The number of ether oxygens (including phenoxy) is 1. The van der Waals surface area contributed by atoms with Crippen molar-refractivity contribution in [3.05, 3.63) is 24.0 Å². The van der Waals surface area contributed by atoms with Gasteiger partial charge in [0.15, 0.2) is 0 Å². The molecule has 0 aliphatic heterocycles. The number of carbonyl (C=O) groups excluding carboxylic acids is 2. The summed E-state index contributed by atoms with van der Waals surface area (Å²) in [6.45, 7) is 3.73. The lowest BCUT2D eigenvalue weighted by molar-refractivity contribution is -0.141. The number of carbonyl (C=O) groups is 2. The van der Waals surface area contributed by atoms with E-state index in [1.807, 2.05) is 34.8 Å². The van der Waals surface area contributed by atoms with Gasteiger partial charge in [0.2, 0.25) is 11.8 Å². The summed E-state index contributed by atoms with van der Waals surface area (Å²) < 4.78 is 7.15. The van der Waals surface area contributed by atoms with Crippen LogP contribution in [0, 0.1) is 0 Å². The summed E-state index contributed by atoms with van der Waals surface area (Å²) in [5.41, 5.74) is 1.11. The fourth-order valence-electron chi connectivity index (χ4n) is 2.88. The van der Waals surface area contributed by atoms with Gasteiger partial charge in [-0.2, -0.15) is 0 Å². The van der Waals surface area contributed by atoms with Gasteiger partial charge in [-0.05, 0) is 31.4 Å². The second-order valence-electron chi connectivity index (χ2n) is 6.77. The Morgan fingerprint density at radius 3 is 2.64 bits per heavy atom. The molecular weight excluding hydrogens is 318 g/mol. The van der Waals surface area contributed by atoms with Crippen molar-refractivity contribution in [2.24, 2.45) is 7.05 Å². The molecule has 1 fully saturated rings. The van der Waals surface area contributed by atoms with E-state index >= 15 is 0 Å². The number of aryl methyl sites for hydroxylation is 1. The van der Waals surface area contributed by atoms with Gasteiger partial charge >= 0.3 is 0 Å². The molecule has 2 amide bonds. The van der Waals surface area contributed by atoms with Crippen molar-refractivity contribution in [1.29, 1.82) is 0 Å². The van der Waals surface area contributed by atoms with Crippen molar-refractivity contribution in [3.63, 3.8) is 0 Å². The predicted octanol–water partition coefficient (Wildman–Crippen LogP) is 2.18. The van der Waals surface area contributed by atoms with Gasteiger partial charge < -0.3 is 19.1 Å². The fourth-order valence-corrected chi connectivity index (χ4v) is 2.88. The minimum atomic E-state index is 0.0321. The standard InChI is InChI=1S/C19H31N3O3/c1-4-5-8-18(23)21(12-13-25-3)15-19(24)22(16-9-10-16)14-17-7-6-11-20(17)2/h6-7,11,16H,4-5,8-10,12-15H2,1-3H3. The first-order valence-electron chi connectivity index (χ1n) is 9.23. The van der Waals surface area contributed by atoms with Gasteiger partial charge in [-0.1, -0.05) is 13.3 Å². The van der Waals surface area contributed by atoms with Gasteiger partial charge in [0.05, 0.1) is 19.7 Å². The molecule has 1 aliphatic carbocycles. The van der Waals surface area contributed by atoms with E-state index in [0.29, 0.717) is 32.2 Å². The molecule has 1 aromatic rings. The smallest absolute Gasteiger partial charge is 0.242 e. The zero-order chi connectivity index (χ0) is 18.2. The third-order valence-corrected chi connectivity index (χ3v) is 4.68. The number of unbranched alkanes of at least 4 members (excludes halogenated alkanes) is 1. The average molecular weight is 349 g/mol. The molecule has 140 valence electrons. The zero-order valence-electron chi connectivity index (χ0n) is 15.7. The zero-order valence-corrected chi connectivity index (χ0v) is 15.7. The van der Waals surface area contributed by atoms with Crippen LogP contribution in [0.15, 0.2) is 18.3 Å². The largest absolute Gasteiger partial charge is 0.383 e. The number of aromatic nitrogens is 1. The van der Waals surface area contributed by atoms with Crippen molar-refractivity contribution in [2.75, 3.05) is 26.8 Å². The Kier molecular flexibility index (Phi) is 7.50. The maximum atomic E-state index is 12.9. The lowest BCUT2D eigenvalue weighted by Crippen LogP contribution is -2.44. The highest BCUT2D eigenvalue weighted by atomic mass is 16.5. The van der Waals surface area contributed by atoms with Crippen LogP contribution in [0.1, 0.15) is 44.7 Å². The fraction of sp³-hybridized carbons (Fsp3) is 0.684. The van der Waals surface area contributed by atoms with E-state index < -0.39 is 0 Å². The lowest BCUT2D eigenvalue weighted by atomic mass is 10.2. The summed E-state index contributed by atoms with van der Waals surface area (Å²) in [4.78, 5) is 28.9.